The van der Waals surface area contributed by atoms with Crippen molar-refractivity contribution < 1.29 is 23.4 Å². The second-order valence-corrected chi connectivity index (χ2v) is 8.69. The molecule has 172 valence electrons. The van der Waals surface area contributed by atoms with E-state index in [0.717, 1.165) is 35.7 Å². The molecule has 1 saturated heterocycles. The number of aryl methyl sites for hydroxylation is 1. The number of carbonyl (C=O) groups excluding carboxylic acids is 1. The van der Waals surface area contributed by atoms with E-state index < -0.39 is 11.7 Å². The van der Waals surface area contributed by atoms with Gasteiger partial charge in [0.2, 0.25) is 5.91 Å². The topological polar surface area (TPSA) is 69.7 Å². The molecule has 1 aliphatic rings. The number of anilines is 1. The van der Waals surface area contributed by atoms with Crippen molar-refractivity contribution in [2.24, 2.45) is 0 Å². The van der Waals surface area contributed by atoms with Crippen molar-refractivity contribution in [1.82, 2.24) is 4.98 Å². The van der Waals surface area contributed by atoms with Gasteiger partial charge < -0.3 is 19.5 Å². The second kappa shape index (κ2) is 11.1. The highest BCUT2D eigenvalue weighted by molar-refractivity contribution is 7.09. The van der Waals surface area contributed by atoms with Gasteiger partial charge in [-0.25, -0.2) is 9.37 Å². The molecule has 1 aliphatic heterocycles. The highest BCUT2D eigenvalue weighted by atomic mass is 32.1. The van der Waals surface area contributed by atoms with Crippen LogP contribution >= 0.6 is 11.3 Å². The fourth-order valence-electron chi connectivity index (χ4n) is 3.37. The van der Waals surface area contributed by atoms with E-state index in [1.54, 1.807) is 17.4 Å². The highest BCUT2D eigenvalue weighted by Gasteiger charge is 2.17. The van der Waals surface area contributed by atoms with Crippen LogP contribution in [0.1, 0.15) is 29.1 Å². The third-order valence-electron chi connectivity index (χ3n) is 4.99. The maximum Gasteiger partial charge on any atom is 0.248 e. The third-order valence-corrected chi connectivity index (χ3v) is 5.81. The summed E-state index contributed by atoms with van der Waals surface area (Å²) in [7, 11) is 0. The molecule has 8 heteroatoms. The molecule has 0 radical (unpaired) electrons. The predicted octanol–water partition coefficient (Wildman–Crippen LogP) is 5.38. The first-order chi connectivity index (χ1) is 16.0. The number of rotatable bonds is 9. The average molecular weight is 469 g/mol. The van der Waals surface area contributed by atoms with E-state index in [1.807, 2.05) is 36.6 Å². The molecule has 2 aromatic carbocycles. The Morgan fingerprint density at radius 3 is 3.00 bits per heavy atom. The van der Waals surface area contributed by atoms with Crippen molar-refractivity contribution in [2.45, 2.75) is 32.5 Å². The lowest BCUT2D eigenvalue weighted by Crippen LogP contribution is -2.17. The normalized spacial score (nSPS) is 15.6. The first-order valence-electron chi connectivity index (χ1n) is 10.7. The standard InChI is InChI=1S/C25H25FN2O4S/c1-17-27-20(16-33-17)14-31-21-5-2-4-18(12-21)7-10-25(29)28-23-13-19(26)8-9-24(23)32-15-22-6-3-11-30-22/h2,4-5,7-10,12-13,16,22H,3,6,11,14-15H2,1H3,(H,28,29). The molecule has 0 bridgehead atoms. The minimum absolute atomic E-state index is 0.0209. The first kappa shape index (κ1) is 22.9. The summed E-state index contributed by atoms with van der Waals surface area (Å²) in [6.45, 7) is 3.42. The Kier molecular flexibility index (Phi) is 7.70. The molecule has 0 saturated carbocycles. The Hall–Kier alpha value is -3.23. The van der Waals surface area contributed by atoms with Crippen molar-refractivity contribution in [3.63, 3.8) is 0 Å². The van der Waals surface area contributed by atoms with E-state index in [-0.39, 0.29) is 11.8 Å². The van der Waals surface area contributed by atoms with Gasteiger partial charge in [0.1, 0.15) is 30.5 Å². The summed E-state index contributed by atoms with van der Waals surface area (Å²) < 4.78 is 30.9. The van der Waals surface area contributed by atoms with Crippen molar-refractivity contribution in [3.8, 4) is 11.5 Å². The summed E-state index contributed by atoms with van der Waals surface area (Å²) in [6, 6.07) is 11.4. The van der Waals surface area contributed by atoms with Gasteiger partial charge in [-0.05, 0) is 55.7 Å². The number of thiazole rings is 1. The van der Waals surface area contributed by atoms with Gasteiger partial charge in [-0.1, -0.05) is 12.1 Å². The number of hydrogen-bond donors (Lipinski definition) is 1. The molecule has 0 spiro atoms. The Bertz CT molecular complexity index is 1130. The maximum absolute atomic E-state index is 13.8. The average Bonchev–Trinajstić information content (AvgIpc) is 3.48. The molecule has 0 aliphatic carbocycles. The van der Waals surface area contributed by atoms with Crippen LogP contribution in [0.15, 0.2) is 53.9 Å². The van der Waals surface area contributed by atoms with E-state index in [2.05, 4.69) is 10.3 Å². The van der Waals surface area contributed by atoms with Crippen LogP contribution in [0.3, 0.4) is 0 Å². The Balaban J connectivity index is 1.35. The van der Waals surface area contributed by atoms with Crippen molar-refractivity contribution in [2.75, 3.05) is 18.5 Å². The van der Waals surface area contributed by atoms with E-state index in [9.17, 15) is 9.18 Å². The quantitative estimate of drug-likeness (QED) is 0.427. The summed E-state index contributed by atoms with van der Waals surface area (Å²) in [5.41, 5.74) is 1.95. The first-order valence-corrected chi connectivity index (χ1v) is 11.6. The molecule has 1 N–H and O–H groups in total. The van der Waals surface area contributed by atoms with E-state index in [1.165, 1.54) is 24.3 Å². The largest absolute Gasteiger partial charge is 0.489 e. The summed E-state index contributed by atoms with van der Waals surface area (Å²) in [5, 5.41) is 5.65. The zero-order valence-electron chi connectivity index (χ0n) is 18.3. The van der Waals surface area contributed by atoms with E-state index >= 15 is 0 Å². The lowest BCUT2D eigenvalue weighted by atomic mass is 10.2. The lowest BCUT2D eigenvalue weighted by Gasteiger charge is -2.15. The Morgan fingerprint density at radius 1 is 1.30 bits per heavy atom. The number of hydrogen-bond acceptors (Lipinski definition) is 6. The molecule has 2 heterocycles. The summed E-state index contributed by atoms with van der Waals surface area (Å²) in [5.74, 6) is 0.227. The van der Waals surface area contributed by atoms with Crippen LogP contribution < -0.4 is 14.8 Å². The SMILES string of the molecule is Cc1nc(COc2cccc(C=CC(=O)Nc3cc(F)ccc3OCC3CCCO3)c2)cs1. The molecule has 1 atom stereocenters. The van der Waals surface area contributed by atoms with Crippen LogP contribution in [0.2, 0.25) is 0 Å². The zero-order valence-corrected chi connectivity index (χ0v) is 19.1. The van der Waals surface area contributed by atoms with Gasteiger partial charge in [-0.3, -0.25) is 4.79 Å². The molecule has 3 aromatic rings. The van der Waals surface area contributed by atoms with Gasteiger partial charge in [0.15, 0.2) is 0 Å². The van der Waals surface area contributed by atoms with E-state index in [0.29, 0.717) is 24.7 Å². The summed E-state index contributed by atoms with van der Waals surface area (Å²) >= 11 is 1.58. The van der Waals surface area contributed by atoms with Crippen LogP contribution in [0.4, 0.5) is 10.1 Å². The summed E-state index contributed by atoms with van der Waals surface area (Å²) in [6.07, 6.45) is 5.01. The number of carbonyl (C=O) groups is 1. The number of nitrogens with zero attached hydrogens (tertiary/aromatic N) is 1. The third kappa shape index (κ3) is 6.87. The van der Waals surface area contributed by atoms with Gasteiger partial charge in [0.25, 0.3) is 0 Å². The van der Waals surface area contributed by atoms with Crippen molar-refractivity contribution in [1.29, 1.82) is 0 Å². The number of amides is 1. The number of nitrogens with one attached hydrogen (secondary N) is 1. The number of halogens is 1. The fourth-order valence-corrected chi connectivity index (χ4v) is 3.97. The molecule has 1 amide bonds. The Morgan fingerprint density at radius 2 is 2.21 bits per heavy atom. The molecule has 6 nitrogen and oxygen atoms in total. The monoisotopic (exact) mass is 468 g/mol. The minimum atomic E-state index is -0.459. The predicted molar refractivity (Wildman–Crippen MR) is 126 cm³/mol. The fraction of sp³-hybridized carbons (Fsp3) is 0.280. The molecule has 1 fully saturated rings. The molecular weight excluding hydrogens is 443 g/mol. The van der Waals surface area contributed by atoms with Crippen molar-refractivity contribution >= 4 is 29.0 Å². The maximum atomic E-state index is 13.8. The minimum Gasteiger partial charge on any atom is -0.489 e. The molecule has 4 rings (SSSR count). The molecule has 1 unspecified atom stereocenters. The van der Waals surface area contributed by atoms with Gasteiger partial charge in [-0.15, -0.1) is 11.3 Å². The zero-order chi connectivity index (χ0) is 23.0. The van der Waals surface area contributed by atoms with Gasteiger partial charge in [0, 0.05) is 24.1 Å². The highest BCUT2D eigenvalue weighted by Crippen LogP contribution is 2.27. The summed E-state index contributed by atoms with van der Waals surface area (Å²) in [4.78, 5) is 16.8. The lowest BCUT2D eigenvalue weighted by molar-refractivity contribution is -0.111. The van der Waals surface area contributed by atoms with Crippen molar-refractivity contribution in [3.05, 3.63) is 76.0 Å². The molecule has 33 heavy (non-hydrogen) atoms. The Labute approximate surface area is 196 Å². The molecule has 1 aromatic heterocycles. The van der Waals surface area contributed by atoms with Crippen LogP contribution in [0.25, 0.3) is 6.08 Å². The van der Waals surface area contributed by atoms with Crippen LogP contribution in [0, 0.1) is 12.7 Å². The number of ether oxygens (including phenoxy) is 3. The van der Waals surface area contributed by atoms with Crippen LogP contribution in [-0.4, -0.2) is 30.2 Å². The van der Waals surface area contributed by atoms with Gasteiger partial charge >= 0.3 is 0 Å². The van der Waals surface area contributed by atoms with Crippen LogP contribution in [-0.2, 0) is 16.1 Å². The number of benzene rings is 2. The van der Waals surface area contributed by atoms with Crippen LogP contribution in [0.5, 0.6) is 11.5 Å². The molecular formula is C25H25FN2O4S. The van der Waals surface area contributed by atoms with Gasteiger partial charge in [0.05, 0.1) is 22.5 Å². The second-order valence-electron chi connectivity index (χ2n) is 7.63. The van der Waals surface area contributed by atoms with E-state index in [4.69, 9.17) is 14.2 Å². The number of aromatic nitrogens is 1. The smallest absolute Gasteiger partial charge is 0.248 e. The van der Waals surface area contributed by atoms with Gasteiger partial charge in [-0.2, -0.15) is 0 Å².